The first-order valence-corrected chi connectivity index (χ1v) is 4.32. The topological polar surface area (TPSA) is 80.0 Å². The average Bonchev–Trinajstić information content (AvgIpc) is 2.55. The van der Waals surface area contributed by atoms with E-state index < -0.39 is 18.1 Å². The molecule has 0 bridgehead atoms. The van der Waals surface area contributed by atoms with E-state index in [1.807, 2.05) is 0 Å². The van der Waals surface area contributed by atoms with Crippen molar-refractivity contribution in [2.45, 2.75) is 6.73 Å². The molecule has 0 fully saturated rings. The van der Waals surface area contributed by atoms with Gasteiger partial charge in [-0.2, -0.15) is 0 Å². The molecule has 0 saturated carbocycles. The molecule has 0 spiro atoms. The minimum Gasteiger partial charge on any atom is -0.374 e. The SMILES string of the molecule is O=c1[nH]n(CO)c(=O)n1-c1ccccc1. The Labute approximate surface area is 84.0 Å². The van der Waals surface area contributed by atoms with Gasteiger partial charge in [0.05, 0.1) is 5.69 Å². The minimum absolute atomic E-state index is 0.468. The van der Waals surface area contributed by atoms with E-state index >= 15 is 0 Å². The third-order valence-electron chi connectivity index (χ3n) is 2.01. The van der Waals surface area contributed by atoms with Gasteiger partial charge in [0, 0.05) is 0 Å². The molecule has 15 heavy (non-hydrogen) atoms. The Morgan fingerprint density at radius 2 is 1.87 bits per heavy atom. The van der Waals surface area contributed by atoms with Crippen LogP contribution < -0.4 is 11.4 Å². The van der Waals surface area contributed by atoms with Gasteiger partial charge in [0.15, 0.2) is 0 Å². The van der Waals surface area contributed by atoms with Crippen molar-refractivity contribution in [1.82, 2.24) is 14.3 Å². The maximum atomic E-state index is 11.6. The average molecular weight is 207 g/mol. The zero-order valence-electron chi connectivity index (χ0n) is 7.75. The summed E-state index contributed by atoms with van der Waals surface area (Å²) in [5, 5.41) is 11.0. The molecule has 6 nitrogen and oxygen atoms in total. The molecule has 0 aliphatic heterocycles. The van der Waals surface area contributed by atoms with Crippen molar-refractivity contribution < 1.29 is 5.11 Å². The monoisotopic (exact) mass is 207 g/mol. The molecule has 0 aliphatic rings. The molecule has 0 amide bonds. The molecule has 0 saturated heterocycles. The second-order valence-electron chi connectivity index (χ2n) is 2.94. The minimum atomic E-state index is -0.589. The van der Waals surface area contributed by atoms with E-state index in [2.05, 4.69) is 5.10 Å². The molecule has 2 aromatic rings. The molecular formula is C9H9N3O3. The van der Waals surface area contributed by atoms with Gasteiger partial charge in [0.25, 0.3) is 0 Å². The van der Waals surface area contributed by atoms with Gasteiger partial charge < -0.3 is 5.11 Å². The Hall–Kier alpha value is -2.08. The number of hydrogen-bond donors (Lipinski definition) is 2. The summed E-state index contributed by atoms with van der Waals surface area (Å²) >= 11 is 0. The fraction of sp³-hybridized carbons (Fsp3) is 0.111. The first kappa shape index (κ1) is 9.47. The Morgan fingerprint density at radius 3 is 2.40 bits per heavy atom. The van der Waals surface area contributed by atoms with Crippen LogP contribution in [-0.4, -0.2) is 19.5 Å². The summed E-state index contributed by atoms with van der Waals surface area (Å²) in [5.41, 5.74) is -0.690. The van der Waals surface area contributed by atoms with Crippen LogP contribution in [0.5, 0.6) is 0 Å². The lowest BCUT2D eigenvalue weighted by Crippen LogP contribution is -2.27. The fourth-order valence-corrected chi connectivity index (χ4v) is 1.32. The van der Waals surface area contributed by atoms with E-state index in [-0.39, 0.29) is 0 Å². The van der Waals surface area contributed by atoms with Crippen molar-refractivity contribution in [3.05, 3.63) is 51.3 Å². The number of nitrogens with zero attached hydrogens (tertiary/aromatic N) is 2. The molecule has 0 radical (unpaired) electrons. The van der Waals surface area contributed by atoms with Crippen LogP contribution in [0.1, 0.15) is 0 Å². The van der Waals surface area contributed by atoms with Gasteiger partial charge in [-0.05, 0) is 12.1 Å². The number of para-hydroxylation sites is 1. The maximum absolute atomic E-state index is 11.6. The van der Waals surface area contributed by atoms with Gasteiger partial charge in [0.1, 0.15) is 6.73 Å². The van der Waals surface area contributed by atoms with Crippen LogP contribution in [0.2, 0.25) is 0 Å². The van der Waals surface area contributed by atoms with E-state index in [0.717, 1.165) is 9.25 Å². The third-order valence-corrected chi connectivity index (χ3v) is 2.01. The molecule has 1 aromatic carbocycles. The summed E-state index contributed by atoms with van der Waals surface area (Å²) in [6.07, 6.45) is 0. The lowest BCUT2D eigenvalue weighted by molar-refractivity contribution is 0.190. The van der Waals surface area contributed by atoms with Crippen LogP contribution in [-0.2, 0) is 6.73 Å². The van der Waals surface area contributed by atoms with Crippen molar-refractivity contribution in [2.75, 3.05) is 0 Å². The molecule has 1 aromatic heterocycles. The van der Waals surface area contributed by atoms with Crippen molar-refractivity contribution in [3.8, 4) is 5.69 Å². The van der Waals surface area contributed by atoms with E-state index in [9.17, 15) is 9.59 Å². The van der Waals surface area contributed by atoms with Crippen molar-refractivity contribution >= 4 is 0 Å². The van der Waals surface area contributed by atoms with Gasteiger partial charge in [-0.3, -0.25) is 0 Å². The van der Waals surface area contributed by atoms with Gasteiger partial charge in [-0.25, -0.2) is 23.9 Å². The summed E-state index contributed by atoms with van der Waals surface area (Å²) < 4.78 is 1.78. The van der Waals surface area contributed by atoms with E-state index in [1.54, 1.807) is 30.3 Å². The molecule has 6 heteroatoms. The quantitative estimate of drug-likeness (QED) is 0.681. The lowest BCUT2D eigenvalue weighted by atomic mass is 10.3. The van der Waals surface area contributed by atoms with Gasteiger partial charge in [-0.15, -0.1) is 0 Å². The first-order chi connectivity index (χ1) is 7.24. The number of nitrogens with one attached hydrogen (secondary N) is 1. The molecular weight excluding hydrogens is 198 g/mol. The Kier molecular flexibility index (Phi) is 2.26. The van der Waals surface area contributed by atoms with Crippen LogP contribution in [0.15, 0.2) is 39.9 Å². The number of H-pyrrole nitrogens is 1. The number of benzene rings is 1. The van der Waals surface area contributed by atoms with Crippen LogP contribution in [0.3, 0.4) is 0 Å². The number of rotatable bonds is 2. The fourth-order valence-electron chi connectivity index (χ4n) is 1.32. The molecule has 78 valence electrons. The summed E-state index contributed by atoms with van der Waals surface area (Å²) in [6, 6.07) is 8.50. The lowest BCUT2D eigenvalue weighted by Gasteiger charge is -1.96. The summed E-state index contributed by atoms with van der Waals surface area (Å²) in [4.78, 5) is 23.0. The summed E-state index contributed by atoms with van der Waals surface area (Å²) in [6.45, 7) is -0.548. The Morgan fingerprint density at radius 1 is 1.20 bits per heavy atom. The van der Waals surface area contributed by atoms with Gasteiger partial charge >= 0.3 is 11.4 Å². The molecule has 2 N–H and O–H groups in total. The number of aliphatic hydroxyl groups excluding tert-OH is 1. The zero-order chi connectivity index (χ0) is 10.8. The summed E-state index contributed by atoms with van der Waals surface area (Å²) in [7, 11) is 0. The second kappa shape index (κ2) is 3.58. The van der Waals surface area contributed by atoms with Crippen LogP contribution >= 0.6 is 0 Å². The molecule has 0 unspecified atom stereocenters. The van der Waals surface area contributed by atoms with Crippen molar-refractivity contribution in [1.29, 1.82) is 0 Å². The van der Waals surface area contributed by atoms with Crippen molar-refractivity contribution in [2.24, 2.45) is 0 Å². The van der Waals surface area contributed by atoms with E-state index in [1.165, 1.54) is 0 Å². The number of hydrogen-bond acceptors (Lipinski definition) is 3. The zero-order valence-corrected chi connectivity index (χ0v) is 7.75. The normalized spacial score (nSPS) is 10.5. The predicted molar refractivity (Wildman–Crippen MR) is 52.9 cm³/mol. The van der Waals surface area contributed by atoms with E-state index in [4.69, 9.17) is 5.11 Å². The molecule has 0 aliphatic carbocycles. The van der Waals surface area contributed by atoms with Crippen LogP contribution in [0.4, 0.5) is 0 Å². The smallest absolute Gasteiger partial charge is 0.353 e. The Bertz CT molecular complexity index is 564. The van der Waals surface area contributed by atoms with Crippen LogP contribution in [0, 0.1) is 0 Å². The molecule has 2 rings (SSSR count). The van der Waals surface area contributed by atoms with Crippen molar-refractivity contribution in [3.63, 3.8) is 0 Å². The highest BCUT2D eigenvalue weighted by atomic mass is 16.3. The number of aliphatic hydroxyl groups is 1. The second-order valence-corrected chi connectivity index (χ2v) is 2.94. The largest absolute Gasteiger partial charge is 0.374 e. The number of aromatic nitrogens is 3. The summed E-state index contributed by atoms with van der Waals surface area (Å²) in [5.74, 6) is 0. The highest BCUT2D eigenvalue weighted by Crippen LogP contribution is 1.99. The van der Waals surface area contributed by atoms with Crippen LogP contribution in [0.25, 0.3) is 5.69 Å². The third kappa shape index (κ3) is 1.50. The highest BCUT2D eigenvalue weighted by Gasteiger charge is 2.08. The predicted octanol–water partition coefficient (Wildman–Crippen LogP) is -0.723. The first-order valence-electron chi connectivity index (χ1n) is 4.32. The Balaban J connectivity index is 2.69. The molecule has 1 heterocycles. The highest BCUT2D eigenvalue weighted by molar-refractivity contribution is 5.30. The maximum Gasteiger partial charge on any atom is 0.353 e. The standard InChI is InChI=1S/C9H9N3O3/c13-6-11-9(15)12(8(14)10-11)7-4-2-1-3-5-7/h1-5,13H,6H2,(H,10,14). The molecule has 0 atom stereocenters. The van der Waals surface area contributed by atoms with Gasteiger partial charge in [-0.1, -0.05) is 18.2 Å². The van der Waals surface area contributed by atoms with Gasteiger partial charge in [0.2, 0.25) is 0 Å². The van der Waals surface area contributed by atoms with E-state index in [0.29, 0.717) is 5.69 Å². The number of aromatic amines is 1.